The molecule has 1 aromatic rings. The molecule has 4 nitrogen and oxygen atoms in total. The van der Waals surface area contributed by atoms with Crippen LogP contribution in [-0.2, 0) is 9.84 Å². The SMILES string of the molecule is CS(=O)(=O)CC(=O)c1ccc(N)cc1Cl. The first kappa shape index (κ1) is 12.0. The average Bonchev–Trinajstić information content (AvgIpc) is 1.99. The molecule has 2 N–H and O–H groups in total. The van der Waals surface area contributed by atoms with Crippen LogP contribution >= 0.6 is 11.6 Å². The van der Waals surface area contributed by atoms with Gasteiger partial charge in [0, 0.05) is 17.5 Å². The molecule has 6 heteroatoms. The smallest absolute Gasteiger partial charge is 0.179 e. The summed E-state index contributed by atoms with van der Waals surface area (Å²) in [6.07, 6.45) is 0.996. The molecule has 0 aliphatic carbocycles. The fraction of sp³-hybridized carbons (Fsp3) is 0.222. The van der Waals surface area contributed by atoms with Crippen molar-refractivity contribution in [1.29, 1.82) is 0 Å². The Morgan fingerprint density at radius 3 is 2.53 bits per heavy atom. The first-order valence-electron chi connectivity index (χ1n) is 4.05. The molecule has 0 saturated carbocycles. The molecule has 15 heavy (non-hydrogen) atoms. The van der Waals surface area contributed by atoms with E-state index in [0.29, 0.717) is 5.69 Å². The van der Waals surface area contributed by atoms with Gasteiger partial charge in [-0.05, 0) is 18.2 Å². The second kappa shape index (κ2) is 4.20. The number of benzene rings is 1. The van der Waals surface area contributed by atoms with E-state index >= 15 is 0 Å². The topological polar surface area (TPSA) is 77.2 Å². The lowest BCUT2D eigenvalue weighted by Crippen LogP contribution is -2.15. The summed E-state index contributed by atoms with van der Waals surface area (Å²) in [7, 11) is -3.34. The Hall–Kier alpha value is -1.07. The Morgan fingerprint density at radius 2 is 2.07 bits per heavy atom. The van der Waals surface area contributed by atoms with Crippen molar-refractivity contribution in [2.45, 2.75) is 0 Å². The van der Waals surface area contributed by atoms with Crippen LogP contribution < -0.4 is 5.73 Å². The van der Waals surface area contributed by atoms with E-state index in [9.17, 15) is 13.2 Å². The molecule has 0 saturated heterocycles. The van der Waals surface area contributed by atoms with Gasteiger partial charge in [-0.3, -0.25) is 4.79 Å². The molecule has 0 aliphatic heterocycles. The number of hydrogen-bond donors (Lipinski definition) is 1. The highest BCUT2D eigenvalue weighted by atomic mass is 35.5. The molecule has 0 atom stereocenters. The van der Waals surface area contributed by atoms with E-state index in [-0.39, 0.29) is 10.6 Å². The van der Waals surface area contributed by atoms with E-state index < -0.39 is 21.4 Å². The number of ketones is 1. The molecule has 1 aromatic carbocycles. The number of carbonyl (C=O) groups is 1. The van der Waals surface area contributed by atoms with Gasteiger partial charge in [0.25, 0.3) is 0 Å². The summed E-state index contributed by atoms with van der Waals surface area (Å²) in [5, 5.41) is 0.170. The van der Waals surface area contributed by atoms with Crippen LogP contribution in [0.2, 0.25) is 5.02 Å². The average molecular weight is 248 g/mol. The van der Waals surface area contributed by atoms with Crippen LogP contribution in [0.25, 0.3) is 0 Å². The van der Waals surface area contributed by atoms with Gasteiger partial charge in [-0.25, -0.2) is 8.42 Å². The Bertz CT molecular complexity index is 496. The lowest BCUT2D eigenvalue weighted by atomic mass is 10.1. The molecule has 0 fully saturated rings. The van der Waals surface area contributed by atoms with Crippen LogP contribution in [0.15, 0.2) is 18.2 Å². The van der Waals surface area contributed by atoms with Crippen LogP contribution in [0, 0.1) is 0 Å². The van der Waals surface area contributed by atoms with E-state index in [4.69, 9.17) is 17.3 Å². The number of sulfone groups is 1. The molecule has 0 bridgehead atoms. The van der Waals surface area contributed by atoms with Crippen molar-refractivity contribution in [3.05, 3.63) is 28.8 Å². The van der Waals surface area contributed by atoms with Gasteiger partial charge in [0.1, 0.15) is 5.75 Å². The van der Waals surface area contributed by atoms with Gasteiger partial charge in [0.2, 0.25) is 0 Å². The van der Waals surface area contributed by atoms with Gasteiger partial charge >= 0.3 is 0 Å². The maximum absolute atomic E-state index is 11.5. The highest BCUT2D eigenvalue weighted by Crippen LogP contribution is 2.19. The molecule has 0 unspecified atom stereocenters. The number of halogens is 1. The van der Waals surface area contributed by atoms with Crippen LogP contribution in [0.4, 0.5) is 5.69 Å². The summed E-state index contributed by atoms with van der Waals surface area (Å²) in [6.45, 7) is 0. The number of Topliss-reactive ketones (excluding diaryl/α,β-unsaturated/α-hetero) is 1. The molecular weight excluding hydrogens is 238 g/mol. The predicted octanol–water partition coefficient (Wildman–Crippen LogP) is 1.15. The largest absolute Gasteiger partial charge is 0.399 e. The zero-order chi connectivity index (χ0) is 11.6. The van der Waals surface area contributed by atoms with Gasteiger partial charge in [0.05, 0.1) is 5.02 Å². The molecule has 0 spiro atoms. The van der Waals surface area contributed by atoms with Crippen molar-refractivity contribution < 1.29 is 13.2 Å². The lowest BCUT2D eigenvalue weighted by molar-refractivity contribution is 0.102. The zero-order valence-corrected chi connectivity index (χ0v) is 9.60. The second-order valence-electron chi connectivity index (χ2n) is 3.23. The lowest BCUT2D eigenvalue weighted by Gasteiger charge is -2.03. The van der Waals surface area contributed by atoms with Gasteiger partial charge in [-0.1, -0.05) is 11.6 Å². The third-order valence-corrected chi connectivity index (χ3v) is 2.79. The first-order valence-corrected chi connectivity index (χ1v) is 6.49. The fourth-order valence-electron chi connectivity index (χ4n) is 1.07. The van der Waals surface area contributed by atoms with Gasteiger partial charge in [-0.15, -0.1) is 0 Å². The van der Waals surface area contributed by atoms with Crippen LogP contribution in [-0.4, -0.2) is 26.2 Å². The number of anilines is 1. The van der Waals surface area contributed by atoms with Crippen LogP contribution in [0.1, 0.15) is 10.4 Å². The zero-order valence-electron chi connectivity index (χ0n) is 8.03. The summed E-state index contributed by atoms with van der Waals surface area (Å²) < 4.78 is 21.8. The maximum Gasteiger partial charge on any atom is 0.179 e. The van der Waals surface area contributed by atoms with Crippen molar-refractivity contribution in [1.82, 2.24) is 0 Å². The molecule has 0 heterocycles. The van der Waals surface area contributed by atoms with Crippen LogP contribution in [0.3, 0.4) is 0 Å². The summed E-state index contributed by atoms with van der Waals surface area (Å²) in [5.41, 5.74) is 6.04. The van der Waals surface area contributed by atoms with E-state index in [0.717, 1.165) is 6.26 Å². The van der Waals surface area contributed by atoms with E-state index in [1.54, 1.807) is 0 Å². The first-order chi connectivity index (χ1) is 6.79. The summed E-state index contributed by atoms with van der Waals surface area (Å²) in [4.78, 5) is 11.5. The fourth-order valence-corrected chi connectivity index (χ4v) is 2.00. The highest BCUT2D eigenvalue weighted by Gasteiger charge is 2.15. The van der Waals surface area contributed by atoms with Gasteiger partial charge in [-0.2, -0.15) is 0 Å². The standard InChI is InChI=1S/C9H10ClNO3S/c1-15(13,14)5-9(12)7-3-2-6(11)4-8(7)10/h2-4H,5,11H2,1H3. The van der Waals surface area contributed by atoms with Crippen molar-refractivity contribution in [3.8, 4) is 0 Å². The third kappa shape index (κ3) is 3.53. The van der Waals surface area contributed by atoms with Crippen molar-refractivity contribution in [2.75, 3.05) is 17.7 Å². The van der Waals surface area contributed by atoms with E-state index in [1.807, 2.05) is 0 Å². The van der Waals surface area contributed by atoms with Crippen molar-refractivity contribution in [3.63, 3.8) is 0 Å². The van der Waals surface area contributed by atoms with E-state index in [1.165, 1.54) is 18.2 Å². The number of nitrogen functional groups attached to an aromatic ring is 1. The number of carbonyl (C=O) groups excluding carboxylic acids is 1. The molecule has 0 aromatic heterocycles. The Labute approximate surface area is 93.0 Å². The molecular formula is C9H10ClNO3S. The number of nitrogens with two attached hydrogens (primary N) is 1. The molecule has 0 amide bonds. The maximum atomic E-state index is 11.5. The summed E-state index contributed by atoms with van der Waals surface area (Å²) >= 11 is 5.76. The van der Waals surface area contributed by atoms with Crippen molar-refractivity contribution in [2.24, 2.45) is 0 Å². The monoisotopic (exact) mass is 247 g/mol. The highest BCUT2D eigenvalue weighted by molar-refractivity contribution is 7.91. The quantitative estimate of drug-likeness (QED) is 0.642. The molecule has 1 rings (SSSR count). The number of hydrogen-bond acceptors (Lipinski definition) is 4. The second-order valence-corrected chi connectivity index (χ2v) is 5.78. The van der Waals surface area contributed by atoms with Crippen LogP contribution in [0.5, 0.6) is 0 Å². The number of rotatable bonds is 3. The summed E-state index contributed by atoms with van der Waals surface area (Å²) in [6, 6.07) is 4.34. The van der Waals surface area contributed by atoms with Gasteiger partial charge < -0.3 is 5.73 Å². The minimum atomic E-state index is -3.34. The van der Waals surface area contributed by atoms with E-state index in [2.05, 4.69) is 0 Å². The third-order valence-electron chi connectivity index (χ3n) is 1.69. The Morgan fingerprint density at radius 1 is 1.47 bits per heavy atom. The molecule has 82 valence electrons. The summed E-state index contributed by atoms with van der Waals surface area (Å²) in [5.74, 6) is -1.07. The minimum Gasteiger partial charge on any atom is -0.399 e. The Kier molecular flexibility index (Phi) is 3.36. The normalized spacial score (nSPS) is 11.3. The predicted molar refractivity (Wildman–Crippen MR) is 59.9 cm³/mol. The molecule has 0 aliphatic rings. The van der Waals surface area contributed by atoms with Crippen molar-refractivity contribution >= 4 is 32.9 Å². The molecule has 0 radical (unpaired) electrons. The Balaban J connectivity index is 3.02. The van der Waals surface area contributed by atoms with Gasteiger partial charge in [0.15, 0.2) is 15.6 Å². The minimum absolute atomic E-state index is 0.170.